The second-order valence-corrected chi connectivity index (χ2v) is 4.95. The van der Waals surface area contributed by atoms with Crippen molar-refractivity contribution in [1.82, 2.24) is 0 Å². The Labute approximate surface area is 131 Å². The van der Waals surface area contributed by atoms with E-state index in [2.05, 4.69) is 0 Å². The van der Waals surface area contributed by atoms with Crippen LogP contribution in [0.2, 0.25) is 0 Å². The fourth-order valence-corrected chi connectivity index (χ4v) is 2.02. The number of rotatable bonds is 8. The van der Waals surface area contributed by atoms with Crippen LogP contribution in [-0.2, 0) is 27.5 Å². The van der Waals surface area contributed by atoms with Crippen molar-refractivity contribution in [2.75, 3.05) is 0 Å². The number of carbonyl (C=O) groups is 1. The molecule has 2 aromatic rings. The lowest BCUT2D eigenvalue weighted by atomic mass is 10.2. The van der Waals surface area contributed by atoms with Crippen LogP contribution in [0.5, 0.6) is 0 Å². The third-order valence-electron chi connectivity index (χ3n) is 3.18. The molecule has 0 bridgehead atoms. The van der Waals surface area contributed by atoms with E-state index >= 15 is 0 Å². The van der Waals surface area contributed by atoms with Gasteiger partial charge in [-0.25, -0.2) is 4.79 Å². The molecule has 1 atom stereocenters. The maximum atomic E-state index is 12.1. The van der Waals surface area contributed by atoms with Gasteiger partial charge < -0.3 is 9.47 Å². The fourth-order valence-electron chi connectivity index (χ4n) is 2.02. The van der Waals surface area contributed by atoms with E-state index in [0.29, 0.717) is 6.61 Å². The van der Waals surface area contributed by atoms with Crippen LogP contribution in [0.25, 0.3) is 0 Å². The number of esters is 1. The van der Waals surface area contributed by atoms with Gasteiger partial charge in [0.2, 0.25) is 0 Å². The van der Waals surface area contributed by atoms with E-state index in [4.69, 9.17) is 9.47 Å². The van der Waals surface area contributed by atoms with Gasteiger partial charge in [0.05, 0.1) is 6.61 Å². The molecule has 0 heterocycles. The Balaban J connectivity index is 1.85. The highest BCUT2D eigenvalue weighted by Crippen LogP contribution is 2.10. The van der Waals surface area contributed by atoms with Crippen LogP contribution in [0, 0.1) is 6.42 Å². The summed E-state index contributed by atoms with van der Waals surface area (Å²) in [5.41, 5.74) is 2.00. The monoisotopic (exact) mass is 297 g/mol. The SMILES string of the molecule is CC[CH]C(OCc1ccccc1)C(=O)OCc1ccccc1. The van der Waals surface area contributed by atoms with E-state index in [9.17, 15) is 4.79 Å². The maximum absolute atomic E-state index is 12.1. The zero-order valence-corrected chi connectivity index (χ0v) is 12.8. The highest BCUT2D eigenvalue weighted by atomic mass is 16.6. The molecule has 2 aromatic carbocycles. The first-order valence-electron chi connectivity index (χ1n) is 7.49. The molecule has 0 aliphatic carbocycles. The molecular formula is C19H21O3. The summed E-state index contributed by atoms with van der Waals surface area (Å²) >= 11 is 0. The first kappa shape index (κ1) is 16.2. The smallest absolute Gasteiger partial charge is 0.335 e. The third kappa shape index (κ3) is 5.34. The molecule has 0 fully saturated rings. The van der Waals surface area contributed by atoms with Gasteiger partial charge in [0, 0.05) is 6.42 Å². The normalized spacial score (nSPS) is 11.9. The number of hydrogen-bond acceptors (Lipinski definition) is 3. The van der Waals surface area contributed by atoms with Crippen molar-refractivity contribution >= 4 is 5.97 Å². The van der Waals surface area contributed by atoms with Crippen molar-refractivity contribution in [3.8, 4) is 0 Å². The molecule has 0 aliphatic rings. The minimum Gasteiger partial charge on any atom is -0.459 e. The minimum absolute atomic E-state index is 0.266. The van der Waals surface area contributed by atoms with Crippen LogP contribution in [0.4, 0.5) is 0 Å². The van der Waals surface area contributed by atoms with Crippen molar-refractivity contribution in [3.63, 3.8) is 0 Å². The van der Waals surface area contributed by atoms with E-state index in [1.54, 1.807) is 0 Å². The summed E-state index contributed by atoms with van der Waals surface area (Å²) in [5, 5.41) is 0. The fraction of sp³-hybridized carbons (Fsp3) is 0.263. The topological polar surface area (TPSA) is 35.5 Å². The molecule has 22 heavy (non-hydrogen) atoms. The van der Waals surface area contributed by atoms with Crippen molar-refractivity contribution in [2.24, 2.45) is 0 Å². The predicted molar refractivity (Wildman–Crippen MR) is 85.8 cm³/mol. The standard InChI is InChI=1S/C19H21O3/c1-2-9-18(21-14-16-10-5-3-6-11-16)19(20)22-15-17-12-7-4-8-13-17/h3-13,18H,2,14-15H2,1H3. The Kier molecular flexibility index (Phi) is 6.65. The predicted octanol–water partition coefficient (Wildman–Crippen LogP) is 3.93. The van der Waals surface area contributed by atoms with Crippen LogP contribution in [0.1, 0.15) is 24.5 Å². The molecule has 3 nitrogen and oxygen atoms in total. The lowest BCUT2D eigenvalue weighted by Gasteiger charge is -2.16. The highest BCUT2D eigenvalue weighted by molar-refractivity contribution is 5.76. The van der Waals surface area contributed by atoms with Crippen LogP contribution in [0.15, 0.2) is 60.7 Å². The van der Waals surface area contributed by atoms with Crippen LogP contribution < -0.4 is 0 Å². The highest BCUT2D eigenvalue weighted by Gasteiger charge is 2.20. The summed E-state index contributed by atoms with van der Waals surface area (Å²) < 4.78 is 11.0. The number of hydrogen-bond donors (Lipinski definition) is 0. The molecule has 0 saturated heterocycles. The van der Waals surface area contributed by atoms with E-state index in [1.165, 1.54) is 0 Å². The van der Waals surface area contributed by atoms with Gasteiger partial charge in [-0.3, -0.25) is 0 Å². The summed E-state index contributed by atoms with van der Waals surface area (Å²) in [6.07, 6.45) is 1.95. The first-order valence-corrected chi connectivity index (χ1v) is 7.49. The minimum atomic E-state index is -0.631. The van der Waals surface area contributed by atoms with Crippen LogP contribution in [-0.4, -0.2) is 12.1 Å². The molecule has 115 valence electrons. The van der Waals surface area contributed by atoms with Crippen molar-refractivity contribution < 1.29 is 14.3 Å². The summed E-state index contributed by atoms with van der Waals surface area (Å²) in [6, 6.07) is 19.4. The van der Waals surface area contributed by atoms with Gasteiger partial charge in [-0.1, -0.05) is 67.6 Å². The van der Waals surface area contributed by atoms with Crippen molar-refractivity contribution in [2.45, 2.75) is 32.7 Å². The lowest BCUT2D eigenvalue weighted by molar-refractivity contribution is -0.157. The average Bonchev–Trinajstić information content (AvgIpc) is 2.58. The second kappa shape index (κ2) is 9.00. The maximum Gasteiger partial charge on any atom is 0.335 e. The van der Waals surface area contributed by atoms with E-state index in [-0.39, 0.29) is 12.6 Å². The molecule has 1 unspecified atom stereocenters. The Morgan fingerprint density at radius 3 is 2.05 bits per heavy atom. The second-order valence-electron chi connectivity index (χ2n) is 4.95. The summed E-state index contributed by atoms with van der Waals surface area (Å²) in [7, 11) is 0. The quantitative estimate of drug-likeness (QED) is 0.693. The average molecular weight is 297 g/mol. The Hall–Kier alpha value is -2.13. The summed E-state index contributed by atoms with van der Waals surface area (Å²) in [5.74, 6) is -0.346. The Morgan fingerprint density at radius 2 is 1.50 bits per heavy atom. The summed E-state index contributed by atoms with van der Waals surface area (Å²) in [4.78, 5) is 12.1. The van der Waals surface area contributed by atoms with Gasteiger partial charge in [0.15, 0.2) is 6.10 Å². The zero-order valence-electron chi connectivity index (χ0n) is 12.8. The van der Waals surface area contributed by atoms with Gasteiger partial charge in [-0.15, -0.1) is 0 Å². The molecule has 0 amide bonds. The largest absolute Gasteiger partial charge is 0.459 e. The molecule has 3 heteroatoms. The van der Waals surface area contributed by atoms with Crippen LogP contribution in [0.3, 0.4) is 0 Å². The lowest BCUT2D eigenvalue weighted by Crippen LogP contribution is -2.27. The molecule has 0 N–H and O–H groups in total. The summed E-state index contributed by atoms with van der Waals surface area (Å²) in [6.45, 7) is 2.63. The number of carbonyl (C=O) groups excluding carboxylic acids is 1. The first-order chi connectivity index (χ1) is 10.8. The van der Waals surface area contributed by atoms with E-state index in [1.807, 2.05) is 74.0 Å². The number of benzene rings is 2. The molecule has 2 rings (SSSR count). The van der Waals surface area contributed by atoms with Gasteiger partial charge >= 0.3 is 5.97 Å². The molecule has 0 aliphatic heterocycles. The van der Waals surface area contributed by atoms with E-state index in [0.717, 1.165) is 17.5 Å². The third-order valence-corrected chi connectivity index (χ3v) is 3.18. The van der Waals surface area contributed by atoms with Gasteiger partial charge in [0.1, 0.15) is 6.61 Å². The Morgan fingerprint density at radius 1 is 0.955 bits per heavy atom. The van der Waals surface area contributed by atoms with E-state index < -0.39 is 6.10 Å². The molecule has 0 saturated carbocycles. The van der Waals surface area contributed by atoms with Crippen molar-refractivity contribution in [1.29, 1.82) is 0 Å². The van der Waals surface area contributed by atoms with Crippen molar-refractivity contribution in [3.05, 3.63) is 78.2 Å². The number of ether oxygens (including phenoxy) is 2. The molecule has 1 radical (unpaired) electrons. The Bertz CT molecular complexity index is 551. The van der Waals surface area contributed by atoms with Gasteiger partial charge in [-0.05, 0) is 17.5 Å². The molecule has 0 aromatic heterocycles. The van der Waals surface area contributed by atoms with Gasteiger partial charge in [-0.2, -0.15) is 0 Å². The molecular weight excluding hydrogens is 276 g/mol. The zero-order chi connectivity index (χ0) is 15.6. The van der Waals surface area contributed by atoms with Crippen LogP contribution >= 0.6 is 0 Å². The van der Waals surface area contributed by atoms with Gasteiger partial charge in [0.25, 0.3) is 0 Å². The molecule has 0 spiro atoms.